The number of rotatable bonds is 12. The van der Waals surface area contributed by atoms with Crippen molar-refractivity contribution < 1.29 is 27.7 Å². The molecule has 0 fully saturated rings. The zero-order chi connectivity index (χ0) is 31.3. The summed E-state index contributed by atoms with van der Waals surface area (Å²) in [5.74, 6) is -3.95. The van der Waals surface area contributed by atoms with Gasteiger partial charge in [-0.3, -0.25) is 19.7 Å². The average molecular weight is 612 g/mol. The molecule has 43 heavy (non-hydrogen) atoms. The second-order valence-electron chi connectivity index (χ2n) is 10.1. The van der Waals surface area contributed by atoms with E-state index in [1.54, 1.807) is 12.1 Å². The van der Waals surface area contributed by atoms with Crippen molar-refractivity contribution in [2.45, 2.75) is 33.2 Å². The van der Waals surface area contributed by atoms with E-state index < -0.39 is 34.1 Å². The number of carbonyl (C=O) groups is 2. The highest BCUT2D eigenvalue weighted by molar-refractivity contribution is 7.17. The van der Waals surface area contributed by atoms with E-state index in [0.29, 0.717) is 18.4 Å². The van der Waals surface area contributed by atoms with Crippen molar-refractivity contribution in [2.24, 2.45) is 11.7 Å². The second-order valence-corrected chi connectivity index (χ2v) is 11.2. The molecule has 4 rings (SSSR count). The number of nitrogens with one attached hydrogen (secondary N) is 2. The summed E-state index contributed by atoms with van der Waals surface area (Å²) in [5.41, 5.74) is 6.51. The van der Waals surface area contributed by atoms with Crippen molar-refractivity contribution in [2.75, 3.05) is 11.9 Å². The smallest absolute Gasteiger partial charge is 0.320 e. The molecule has 9 nitrogen and oxygen atoms in total. The SMILES string of the molecule is CC(C)Cc1nc(NCCc2ccc(F)cc2)c([N+](=O)[O-])c(-c2ccc(C(=O)NCc3ccc(F)c(F)c3)s2)c1C(N)=O. The summed E-state index contributed by atoms with van der Waals surface area (Å²) in [6, 6.07) is 12.0. The van der Waals surface area contributed by atoms with Crippen LogP contribution in [0.2, 0.25) is 0 Å². The molecule has 0 atom stereocenters. The van der Waals surface area contributed by atoms with Crippen molar-refractivity contribution in [3.05, 3.63) is 109 Å². The number of carbonyl (C=O) groups excluding carboxylic acids is 2. The highest BCUT2D eigenvalue weighted by Gasteiger charge is 2.32. The number of amides is 2. The minimum Gasteiger partial charge on any atom is -0.366 e. The Balaban J connectivity index is 1.71. The molecular formula is C30H28F3N5O4S. The van der Waals surface area contributed by atoms with Crippen LogP contribution in [0.25, 0.3) is 10.4 Å². The number of pyridine rings is 1. The molecule has 0 unspecified atom stereocenters. The first-order valence-electron chi connectivity index (χ1n) is 13.3. The first-order valence-corrected chi connectivity index (χ1v) is 14.1. The van der Waals surface area contributed by atoms with Crippen LogP contribution in [0.1, 0.15) is 50.7 Å². The third-order valence-electron chi connectivity index (χ3n) is 6.41. The summed E-state index contributed by atoms with van der Waals surface area (Å²) in [4.78, 5) is 42.3. The van der Waals surface area contributed by atoms with Crippen molar-refractivity contribution in [1.29, 1.82) is 0 Å². The number of anilines is 1. The number of nitrogens with two attached hydrogens (primary N) is 1. The van der Waals surface area contributed by atoms with Gasteiger partial charge < -0.3 is 16.4 Å². The molecule has 2 heterocycles. The van der Waals surface area contributed by atoms with Gasteiger partial charge in [0, 0.05) is 18.0 Å². The Morgan fingerprint density at radius 3 is 2.35 bits per heavy atom. The third-order valence-corrected chi connectivity index (χ3v) is 7.51. The van der Waals surface area contributed by atoms with Crippen LogP contribution in [-0.2, 0) is 19.4 Å². The first-order chi connectivity index (χ1) is 20.4. The molecule has 2 aromatic carbocycles. The summed E-state index contributed by atoms with van der Waals surface area (Å²) in [7, 11) is 0. The molecule has 224 valence electrons. The van der Waals surface area contributed by atoms with Gasteiger partial charge >= 0.3 is 5.69 Å². The van der Waals surface area contributed by atoms with E-state index in [0.717, 1.165) is 29.0 Å². The van der Waals surface area contributed by atoms with Crippen LogP contribution in [0.4, 0.5) is 24.7 Å². The molecule has 0 bridgehead atoms. The highest BCUT2D eigenvalue weighted by Crippen LogP contribution is 2.42. The van der Waals surface area contributed by atoms with E-state index in [4.69, 9.17) is 5.73 Å². The molecule has 4 N–H and O–H groups in total. The van der Waals surface area contributed by atoms with Crippen LogP contribution in [0.3, 0.4) is 0 Å². The zero-order valence-corrected chi connectivity index (χ0v) is 24.1. The van der Waals surface area contributed by atoms with Crippen molar-refractivity contribution in [3.63, 3.8) is 0 Å². The summed E-state index contributed by atoms with van der Waals surface area (Å²) in [6.07, 6.45) is 0.704. The van der Waals surface area contributed by atoms with Crippen LogP contribution in [-0.4, -0.2) is 28.3 Å². The molecule has 4 aromatic rings. The normalized spacial score (nSPS) is 11.0. The number of nitrogens with zero attached hydrogens (tertiary/aromatic N) is 2. The summed E-state index contributed by atoms with van der Waals surface area (Å²) in [6.45, 7) is 3.93. The minimum atomic E-state index is -1.05. The van der Waals surface area contributed by atoms with Gasteiger partial charge in [0.2, 0.25) is 5.82 Å². The number of halogens is 3. The maximum atomic E-state index is 13.5. The fourth-order valence-corrected chi connectivity index (χ4v) is 5.43. The number of primary amides is 1. The number of aromatic nitrogens is 1. The van der Waals surface area contributed by atoms with Gasteiger partial charge in [-0.2, -0.15) is 0 Å². The molecule has 0 aliphatic rings. The number of benzene rings is 2. The molecule has 0 aliphatic heterocycles. The van der Waals surface area contributed by atoms with E-state index in [9.17, 15) is 32.9 Å². The lowest BCUT2D eigenvalue weighted by atomic mass is 9.96. The molecule has 0 saturated heterocycles. The fraction of sp³-hybridized carbons (Fsp3) is 0.233. The Kier molecular flexibility index (Phi) is 9.76. The monoisotopic (exact) mass is 611 g/mol. The van der Waals surface area contributed by atoms with E-state index in [1.807, 2.05) is 13.8 Å². The minimum absolute atomic E-state index is 0.0212. The molecule has 0 saturated carbocycles. The highest BCUT2D eigenvalue weighted by atomic mass is 32.1. The summed E-state index contributed by atoms with van der Waals surface area (Å²) < 4.78 is 40.1. The lowest BCUT2D eigenvalue weighted by Crippen LogP contribution is -2.22. The summed E-state index contributed by atoms with van der Waals surface area (Å²) in [5, 5.41) is 18.0. The number of nitro groups is 1. The Bertz CT molecular complexity index is 1680. The van der Waals surface area contributed by atoms with Gasteiger partial charge in [-0.1, -0.05) is 32.0 Å². The Morgan fingerprint density at radius 2 is 1.72 bits per heavy atom. The number of hydrogen-bond acceptors (Lipinski definition) is 7. The van der Waals surface area contributed by atoms with Crippen molar-refractivity contribution in [1.82, 2.24) is 10.3 Å². The number of hydrogen-bond donors (Lipinski definition) is 3. The van der Waals surface area contributed by atoms with Gasteiger partial charge in [-0.15, -0.1) is 11.3 Å². The average Bonchev–Trinajstić information content (AvgIpc) is 3.44. The molecule has 0 aliphatic carbocycles. The Hall–Kier alpha value is -4.78. The molecule has 13 heteroatoms. The van der Waals surface area contributed by atoms with Gasteiger partial charge in [0.05, 0.1) is 26.6 Å². The van der Waals surface area contributed by atoms with Crippen molar-refractivity contribution in [3.8, 4) is 10.4 Å². The second kappa shape index (κ2) is 13.5. The molecule has 2 aromatic heterocycles. The maximum absolute atomic E-state index is 13.5. The fourth-order valence-electron chi connectivity index (χ4n) is 4.46. The maximum Gasteiger partial charge on any atom is 0.320 e. The van der Waals surface area contributed by atoms with Crippen LogP contribution < -0.4 is 16.4 Å². The Morgan fingerprint density at radius 1 is 1.02 bits per heavy atom. The number of thiophene rings is 1. The topological polar surface area (TPSA) is 140 Å². The zero-order valence-electron chi connectivity index (χ0n) is 23.2. The van der Waals surface area contributed by atoms with Gasteiger partial charge in [0.25, 0.3) is 11.8 Å². The first kappa shape index (κ1) is 31.2. The lowest BCUT2D eigenvalue weighted by molar-refractivity contribution is -0.383. The molecular weight excluding hydrogens is 583 g/mol. The quantitative estimate of drug-likeness (QED) is 0.132. The van der Waals surface area contributed by atoms with Crippen LogP contribution in [0.15, 0.2) is 54.6 Å². The summed E-state index contributed by atoms with van der Waals surface area (Å²) >= 11 is 0.907. The third kappa shape index (κ3) is 7.55. The van der Waals surface area contributed by atoms with Crippen LogP contribution in [0.5, 0.6) is 0 Å². The van der Waals surface area contributed by atoms with E-state index >= 15 is 0 Å². The lowest BCUT2D eigenvalue weighted by Gasteiger charge is -2.17. The Labute approximate surface area is 249 Å². The van der Waals surface area contributed by atoms with Gasteiger partial charge in [0.15, 0.2) is 11.6 Å². The van der Waals surface area contributed by atoms with Crippen LogP contribution >= 0.6 is 11.3 Å². The van der Waals surface area contributed by atoms with Gasteiger partial charge in [0.1, 0.15) is 5.82 Å². The van der Waals surface area contributed by atoms with Gasteiger partial charge in [-0.05, 0) is 66.3 Å². The molecule has 0 radical (unpaired) electrons. The van der Waals surface area contributed by atoms with E-state index in [1.165, 1.54) is 30.3 Å². The van der Waals surface area contributed by atoms with Gasteiger partial charge in [-0.25, -0.2) is 18.2 Å². The van der Waals surface area contributed by atoms with Crippen molar-refractivity contribution >= 4 is 34.7 Å². The molecule has 2 amide bonds. The van der Waals surface area contributed by atoms with E-state index in [-0.39, 0.29) is 57.2 Å². The van der Waals surface area contributed by atoms with Crippen LogP contribution in [0, 0.1) is 33.5 Å². The predicted molar refractivity (Wildman–Crippen MR) is 157 cm³/mol. The molecule has 0 spiro atoms. The predicted octanol–water partition coefficient (Wildman–Crippen LogP) is 6.02. The van der Waals surface area contributed by atoms with E-state index in [2.05, 4.69) is 15.6 Å². The largest absolute Gasteiger partial charge is 0.366 e. The standard InChI is InChI=1S/C30H28F3N5O4S/c1-16(2)13-22-25(28(34)39)26(27(38(41)42)29(37-22)35-12-11-17-3-6-19(31)7-4-17)23-9-10-24(43-23)30(40)36-15-18-5-8-20(32)21(33)14-18/h3-10,14,16H,11-13,15H2,1-2H3,(H2,34,39)(H,35,37)(H,36,40).